The third kappa shape index (κ3) is 4.06. The third-order valence-corrected chi connectivity index (χ3v) is 4.15. The molecule has 1 atom stereocenters. The van der Waals surface area contributed by atoms with Crippen molar-refractivity contribution in [1.29, 1.82) is 0 Å². The number of anilines is 1. The highest BCUT2D eigenvalue weighted by Gasteiger charge is 2.13. The number of rotatable bonds is 6. The summed E-state index contributed by atoms with van der Waals surface area (Å²) in [6.45, 7) is 0.498. The highest BCUT2D eigenvalue weighted by molar-refractivity contribution is 5.69. The van der Waals surface area contributed by atoms with Gasteiger partial charge in [0.1, 0.15) is 12.0 Å². The van der Waals surface area contributed by atoms with Crippen LogP contribution in [0, 0.1) is 0 Å². The second-order valence-corrected chi connectivity index (χ2v) is 6.29. The fourth-order valence-corrected chi connectivity index (χ4v) is 2.81. The van der Waals surface area contributed by atoms with Gasteiger partial charge in [0.25, 0.3) is 0 Å². The number of nitrogens with one attached hydrogen (secondary N) is 1. The molecule has 3 N–H and O–H groups in total. The number of nitrogens with two attached hydrogens (primary N) is 1. The van der Waals surface area contributed by atoms with Gasteiger partial charge in [0, 0.05) is 43.7 Å². The molecule has 3 aromatic heterocycles. The Balaban J connectivity index is 1.33. The molecule has 0 radical (unpaired) electrons. The summed E-state index contributed by atoms with van der Waals surface area (Å²) in [7, 11) is 1.88. The van der Waals surface area contributed by atoms with Crippen molar-refractivity contribution in [3.63, 3.8) is 0 Å². The van der Waals surface area contributed by atoms with Crippen LogP contribution in [0.3, 0.4) is 0 Å². The minimum atomic E-state index is -0.169. The first-order valence-electron chi connectivity index (χ1n) is 8.56. The second kappa shape index (κ2) is 7.46. The molecular formula is C19H20N6O2. The molecule has 27 heavy (non-hydrogen) atoms. The smallest absolute Gasteiger partial charge is 0.170 e. The molecule has 0 aromatic carbocycles. The first-order valence-corrected chi connectivity index (χ1v) is 8.56. The van der Waals surface area contributed by atoms with E-state index < -0.39 is 0 Å². The molecule has 1 unspecified atom stereocenters. The van der Waals surface area contributed by atoms with Gasteiger partial charge in [0.05, 0.1) is 24.1 Å². The van der Waals surface area contributed by atoms with E-state index in [9.17, 15) is 0 Å². The fraction of sp³-hybridized carbons (Fsp3) is 0.211. The molecule has 0 saturated heterocycles. The van der Waals surface area contributed by atoms with Crippen molar-refractivity contribution in [1.82, 2.24) is 25.2 Å². The molecule has 0 spiro atoms. The standard InChI is InChI=1S/C19H20N6O2/c1-25-11-14(10-23-25)12-26-18-5-4-13(9-22-18)7-15-8-17(27-24-15)16-3-2-6-21-19(16)20/h2-6,8-11,18,22H,7,12H2,1H3,(H2,20,21). The quantitative estimate of drug-likeness (QED) is 0.691. The van der Waals surface area contributed by atoms with Crippen LogP contribution in [-0.2, 0) is 24.8 Å². The number of allylic oxidation sites excluding steroid dienone is 2. The molecule has 0 amide bonds. The van der Waals surface area contributed by atoms with E-state index in [4.69, 9.17) is 15.0 Å². The zero-order valence-electron chi connectivity index (χ0n) is 14.9. The maximum Gasteiger partial charge on any atom is 0.170 e. The molecule has 8 heteroatoms. The molecule has 4 rings (SSSR count). The van der Waals surface area contributed by atoms with E-state index in [1.54, 1.807) is 17.1 Å². The maximum absolute atomic E-state index is 5.88. The predicted octanol–water partition coefficient (Wildman–Crippen LogP) is 2.18. The van der Waals surface area contributed by atoms with Crippen molar-refractivity contribution in [2.75, 3.05) is 5.73 Å². The maximum atomic E-state index is 5.88. The number of hydrogen-bond acceptors (Lipinski definition) is 7. The molecule has 0 bridgehead atoms. The van der Waals surface area contributed by atoms with Gasteiger partial charge in [-0.25, -0.2) is 4.98 Å². The Morgan fingerprint density at radius 3 is 3.07 bits per heavy atom. The van der Waals surface area contributed by atoms with Crippen molar-refractivity contribution >= 4 is 5.82 Å². The van der Waals surface area contributed by atoms with Crippen LogP contribution in [0.2, 0.25) is 0 Å². The van der Waals surface area contributed by atoms with E-state index in [-0.39, 0.29) is 6.23 Å². The zero-order valence-corrected chi connectivity index (χ0v) is 14.9. The van der Waals surface area contributed by atoms with Crippen molar-refractivity contribution < 1.29 is 9.26 Å². The summed E-state index contributed by atoms with van der Waals surface area (Å²) in [4.78, 5) is 4.07. The Kier molecular flexibility index (Phi) is 4.71. The monoisotopic (exact) mass is 364 g/mol. The van der Waals surface area contributed by atoms with Crippen molar-refractivity contribution in [2.45, 2.75) is 19.3 Å². The summed E-state index contributed by atoms with van der Waals surface area (Å²) in [5.41, 5.74) is 9.56. The molecule has 0 fully saturated rings. The minimum Gasteiger partial charge on any atom is -0.383 e. The molecule has 0 saturated carbocycles. The highest BCUT2D eigenvalue weighted by Crippen LogP contribution is 2.25. The van der Waals surface area contributed by atoms with Crippen LogP contribution < -0.4 is 11.1 Å². The van der Waals surface area contributed by atoms with Gasteiger partial charge in [-0.15, -0.1) is 0 Å². The van der Waals surface area contributed by atoms with Crippen LogP contribution in [-0.4, -0.2) is 26.1 Å². The van der Waals surface area contributed by atoms with Gasteiger partial charge in [0.15, 0.2) is 5.76 Å². The molecule has 0 aliphatic carbocycles. The second-order valence-electron chi connectivity index (χ2n) is 6.29. The topological polar surface area (TPSA) is 104 Å². The molecular weight excluding hydrogens is 344 g/mol. The van der Waals surface area contributed by atoms with Crippen LogP contribution in [0.4, 0.5) is 5.82 Å². The van der Waals surface area contributed by atoms with Crippen LogP contribution in [0.1, 0.15) is 11.3 Å². The van der Waals surface area contributed by atoms with Gasteiger partial charge in [-0.05, 0) is 23.8 Å². The van der Waals surface area contributed by atoms with E-state index >= 15 is 0 Å². The molecule has 3 aromatic rings. The van der Waals surface area contributed by atoms with E-state index in [2.05, 4.69) is 20.6 Å². The summed E-state index contributed by atoms with van der Waals surface area (Å²) < 4.78 is 13.0. The van der Waals surface area contributed by atoms with Gasteiger partial charge < -0.3 is 20.3 Å². The summed E-state index contributed by atoms with van der Waals surface area (Å²) in [5, 5.41) is 11.5. The zero-order chi connectivity index (χ0) is 18.6. The number of aromatic nitrogens is 4. The van der Waals surface area contributed by atoms with Gasteiger partial charge >= 0.3 is 0 Å². The van der Waals surface area contributed by atoms with Crippen LogP contribution in [0.15, 0.2) is 65.2 Å². The summed E-state index contributed by atoms with van der Waals surface area (Å²) in [6.07, 6.45) is 11.8. The lowest BCUT2D eigenvalue weighted by Gasteiger charge is -2.18. The van der Waals surface area contributed by atoms with Crippen LogP contribution >= 0.6 is 0 Å². The number of dihydropyridines is 1. The third-order valence-electron chi connectivity index (χ3n) is 4.15. The van der Waals surface area contributed by atoms with Gasteiger partial charge in [-0.3, -0.25) is 4.68 Å². The Morgan fingerprint density at radius 2 is 2.33 bits per heavy atom. The lowest BCUT2D eigenvalue weighted by molar-refractivity contribution is 0.0577. The number of hydrogen-bond donors (Lipinski definition) is 2. The largest absolute Gasteiger partial charge is 0.383 e. The van der Waals surface area contributed by atoms with E-state index in [0.29, 0.717) is 24.6 Å². The average molecular weight is 364 g/mol. The number of pyridine rings is 1. The first-order chi connectivity index (χ1) is 13.2. The lowest BCUT2D eigenvalue weighted by atomic mass is 10.1. The Bertz CT molecular complexity index is 988. The lowest BCUT2D eigenvalue weighted by Crippen LogP contribution is -2.27. The van der Waals surface area contributed by atoms with Gasteiger partial charge in [-0.1, -0.05) is 11.2 Å². The molecule has 1 aliphatic rings. The first kappa shape index (κ1) is 17.0. The van der Waals surface area contributed by atoms with Crippen molar-refractivity contribution in [2.24, 2.45) is 7.05 Å². The number of nitrogens with zero attached hydrogens (tertiary/aromatic N) is 4. The fourth-order valence-electron chi connectivity index (χ4n) is 2.81. The molecule has 8 nitrogen and oxygen atoms in total. The van der Waals surface area contributed by atoms with Crippen LogP contribution in [0.25, 0.3) is 11.3 Å². The molecule has 4 heterocycles. The van der Waals surface area contributed by atoms with Gasteiger partial charge in [-0.2, -0.15) is 5.10 Å². The summed E-state index contributed by atoms with van der Waals surface area (Å²) in [6, 6.07) is 5.56. The normalized spacial score (nSPS) is 16.2. The number of aryl methyl sites for hydroxylation is 1. The number of nitrogen functional groups attached to an aromatic ring is 1. The molecule has 138 valence electrons. The van der Waals surface area contributed by atoms with Crippen LogP contribution in [0.5, 0.6) is 0 Å². The van der Waals surface area contributed by atoms with Gasteiger partial charge in [0.2, 0.25) is 0 Å². The highest BCUT2D eigenvalue weighted by atomic mass is 16.5. The van der Waals surface area contributed by atoms with E-state index in [1.165, 1.54) is 0 Å². The SMILES string of the molecule is Cn1cc(COC2C=CC(Cc3cc(-c4cccnc4N)on3)=CN2)cn1. The minimum absolute atomic E-state index is 0.169. The Morgan fingerprint density at radius 1 is 1.41 bits per heavy atom. The van der Waals surface area contributed by atoms with E-state index in [1.807, 2.05) is 49.8 Å². The van der Waals surface area contributed by atoms with E-state index in [0.717, 1.165) is 22.4 Å². The molecule has 1 aliphatic heterocycles. The predicted molar refractivity (Wildman–Crippen MR) is 100.0 cm³/mol. The number of ether oxygens (including phenoxy) is 1. The Hall–Kier alpha value is -3.39. The average Bonchev–Trinajstić information content (AvgIpc) is 3.30. The summed E-state index contributed by atoms with van der Waals surface area (Å²) in [5.74, 6) is 1.04. The Labute approximate surface area is 156 Å². The van der Waals surface area contributed by atoms with Crippen molar-refractivity contribution in [3.05, 3.63) is 72.0 Å². The summed E-state index contributed by atoms with van der Waals surface area (Å²) >= 11 is 0. The van der Waals surface area contributed by atoms with Crippen molar-refractivity contribution in [3.8, 4) is 11.3 Å².